The Labute approximate surface area is 154 Å². The monoisotopic (exact) mass is 349 g/mol. The van der Waals surface area contributed by atoms with Crippen LogP contribution in [-0.4, -0.2) is 24.8 Å². The second kappa shape index (κ2) is 10.7. The van der Waals surface area contributed by atoms with Crippen molar-refractivity contribution < 1.29 is 14.3 Å². The van der Waals surface area contributed by atoms with Crippen LogP contribution in [0.2, 0.25) is 0 Å². The van der Waals surface area contributed by atoms with Crippen LogP contribution in [0.3, 0.4) is 0 Å². The number of ether oxygens (including phenoxy) is 1. The lowest BCUT2D eigenvalue weighted by atomic mass is 10.1. The van der Waals surface area contributed by atoms with E-state index in [-0.39, 0.29) is 11.7 Å². The molecule has 0 spiro atoms. The van der Waals surface area contributed by atoms with Gasteiger partial charge in [0.25, 0.3) is 0 Å². The van der Waals surface area contributed by atoms with Crippen molar-refractivity contribution in [2.45, 2.75) is 12.8 Å². The van der Waals surface area contributed by atoms with Gasteiger partial charge in [-0.05, 0) is 42.7 Å². The summed E-state index contributed by atoms with van der Waals surface area (Å²) in [6.45, 7) is 4.46. The van der Waals surface area contributed by atoms with Gasteiger partial charge in [0.2, 0.25) is 5.91 Å². The molecule has 134 valence electrons. The molecule has 1 amide bonds. The zero-order valence-electron chi connectivity index (χ0n) is 14.7. The van der Waals surface area contributed by atoms with Crippen molar-refractivity contribution in [1.29, 1.82) is 0 Å². The van der Waals surface area contributed by atoms with Gasteiger partial charge in [-0.15, -0.1) is 0 Å². The van der Waals surface area contributed by atoms with E-state index < -0.39 is 0 Å². The van der Waals surface area contributed by atoms with E-state index in [2.05, 4.69) is 11.9 Å². The number of benzene rings is 2. The molecule has 0 radical (unpaired) electrons. The van der Waals surface area contributed by atoms with Crippen molar-refractivity contribution in [3.05, 3.63) is 84.5 Å². The second-order valence-electron chi connectivity index (χ2n) is 5.66. The van der Waals surface area contributed by atoms with E-state index in [4.69, 9.17) is 4.74 Å². The summed E-state index contributed by atoms with van der Waals surface area (Å²) in [5.41, 5.74) is 1.51. The topological polar surface area (TPSA) is 55.4 Å². The molecule has 0 aliphatic carbocycles. The number of hydrogen-bond acceptors (Lipinski definition) is 3. The molecule has 4 heteroatoms. The van der Waals surface area contributed by atoms with Crippen LogP contribution in [0.5, 0.6) is 5.75 Å². The van der Waals surface area contributed by atoms with Crippen LogP contribution in [0, 0.1) is 0 Å². The Morgan fingerprint density at radius 2 is 1.73 bits per heavy atom. The van der Waals surface area contributed by atoms with Gasteiger partial charge in [0.1, 0.15) is 5.75 Å². The molecule has 0 unspecified atom stereocenters. The number of para-hydroxylation sites is 1. The second-order valence-corrected chi connectivity index (χ2v) is 5.66. The minimum atomic E-state index is -0.174. The highest BCUT2D eigenvalue weighted by atomic mass is 16.5. The van der Waals surface area contributed by atoms with Crippen LogP contribution in [0.4, 0.5) is 0 Å². The standard InChI is InChI=1S/C22H23NO3/c1-2-22(25)23-16-8-9-17-26-21-13-7-6-12-19(21)20(24)15-14-18-10-4-3-5-11-18/h2-7,10-15H,1,8-9,16-17H2,(H,23,25). The molecule has 0 heterocycles. The highest BCUT2D eigenvalue weighted by Gasteiger charge is 2.09. The Kier molecular flexibility index (Phi) is 7.87. The Bertz CT molecular complexity index is 766. The quantitative estimate of drug-likeness (QED) is 0.400. The summed E-state index contributed by atoms with van der Waals surface area (Å²) in [6, 6.07) is 16.9. The zero-order valence-corrected chi connectivity index (χ0v) is 14.7. The maximum Gasteiger partial charge on any atom is 0.243 e. The maximum atomic E-state index is 12.5. The maximum absolute atomic E-state index is 12.5. The molecule has 4 nitrogen and oxygen atoms in total. The van der Waals surface area contributed by atoms with E-state index in [1.807, 2.05) is 42.5 Å². The Morgan fingerprint density at radius 1 is 1.00 bits per heavy atom. The summed E-state index contributed by atoms with van der Waals surface area (Å²) in [7, 11) is 0. The number of amides is 1. The minimum Gasteiger partial charge on any atom is -0.493 e. The van der Waals surface area contributed by atoms with Crippen molar-refractivity contribution in [2.75, 3.05) is 13.2 Å². The zero-order chi connectivity index (χ0) is 18.6. The molecular weight excluding hydrogens is 326 g/mol. The number of carbonyl (C=O) groups excluding carboxylic acids is 2. The molecule has 2 rings (SSSR count). The minimum absolute atomic E-state index is 0.0947. The van der Waals surface area contributed by atoms with E-state index in [1.54, 1.807) is 24.3 Å². The predicted octanol–water partition coefficient (Wildman–Crippen LogP) is 4.04. The molecule has 0 aliphatic heterocycles. The molecule has 0 aliphatic rings. The molecule has 0 atom stereocenters. The number of allylic oxidation sites excluding steroid dienone is 1. The molecule has 2 aromatic carbocycles. The normalized spacial score (nSPS) is 10.5. The first-order valence-electron chi connectivity index (χ1n) is 8.60. The summed E-state index contributed by atoms with van der Waals surface area (Å²) >= 11 is 0. The fourth-order valence-electron chi connectivity index (χ4n) is 2.31. The van der Waals surface area contributed by atoms with Crippen LogP contribution in [0.1, 0.15) is 28.8 Å². The smallest absolute Gasteiger partial charge is 0.243 e. The lowest BCUT2D eigenvalue weighted by Gasteiger charge is -2.09. The fraction of sp³-hybridized carbons (Fsp3) is 0.182. The van der Waals surface area contributed by atoms with Crippen molar-refractivity contribution in [1.82, 2.24) is 5.32 Å². The SMILES string of the molecule is C=CC(=O)NCCCCOc1ccccc1C(=O)C=Cc1ccccc1. The molecule has 0 saturated carbocycles. The first kappa shape index (κ1) is 19.2. The summed E-state index contributed by atoms with van der Waals surface area (Å²) in [6.07, 6.45) is 6.18. The van der Waals surface area contributed by atoms with E-state index in [9.17, 15) is 9.59 Å². The number of hydrogen-bond donors (Lipinski definition) is 1. The lowest BCUT2D eigenvalue weighted by molar-refractivity contribution is -0.116. The van der Waals surface area contributed by atoms with Crippen LogP contribution in [-0.2, 0) is 4.79 Å². The Balaban J connectivity index is 1.86. The predicted molar refractivity (Wildman–Crippen MR) is 104 cm³/mol. The van der Waals surface area contributed by atoms with Crippen LogP contribution >= 0.6 is 0 Å². The first-order chi connectivity index (χ1) is 12.7. The van der Waals surface area contributed by atoms with Crippen molar-refractivity contribution >= 4 is 17.8 Å². The molecule has 26 heavy (non-hydrogen) atoms. The number of rotatable bonds is 10. The van der Waals surface area contributed by atoms with Gasteiger partial charge in [-0.1, -0.05) is 55.1 Å². The highest BCUT2D eigenvalue weighted by Crippen LogP contribution is 2.19. The third kappa shape index (κ3) is 6.40. The van der Waals surface area contributed by atoms with Crippen molar-refractivity contribution in [2.24, 2.45) is 0 Å². The third-order valence-electron chi connectivity index (χ3n) is 3.69. The van der Waals surface area contributed by atoms with E-state index >= 15 is 0 Å². The highest BCUT2D eigenvalue weighted by molar-refractivity contribution is 6.08. The average molecular weight is 349 g/mol. The van der Waals surface area contributed by atoms with Gasteiger partial charge in [0, 0.05) is 6.54 Å². The molecule has 2 aromatic rings. The molecule has 0 fully saturated rings. The largest absolute Gasteiger partial charge is 0.493 e. The molecular formula is C22H23NO3. The van der Waals surface area contributed by atoms with Gasteiger partial charge in [-0.25, -0.2) is 0 Å². The molecule has 0 saturated heterocycles. The lowest BCUT2D eigenvalue weighted by Crippen LogP contribution is -2.22. The van der Waals surface area contributed by atoms with Crippen LogP contribution < -0.4 is 10.1 Å². The molecule has 1 N–H and O–H groups in total. The third-order valence-corrected chi connectivity index (χ3v) is 3.69. The van der Waals surface area contributed by atoms with E-state index in [0.717, 1.165) is 18.4 Å². The summed E-state index contributed by atoms with van der Waals surface area (Å²) in [5, 5.41) is 2.72. The first-order valence-corrected chi connectivity index (χ1v) is 8.60. The Morgan fingerprint density at radius 3 is 2.50 bits per heavy atom. The van der Waals surface area contributed by atoms with Gasteiger partial charge in [-0.2, -0.15) is 0 Å². The van der Waals surface area contributed by atoms with Gasteiger partial charge < -0.3 is 10.1 Å². The van der Waals surface area contributed by atoms with E-state index in [1.165, 1.54) is 6.08 Å². The number of ketones is 1. The van der Waals surface area contributed by atoms with Crippen molar-refractivity contribution in [3.63, 3.8) is 0 Å². The van der Waals surface area contributed by atoms with Crippen molar-refractivity contribution in [3.8, 4) is 5.75 Å². The molecule has 0 aromatic heterocycles. The number of nitrogens with one attached hydrogen (secondary N) is 1. The number of unbranched alkanes of at least 4 members (excludes halogenated alkanes) is 1. The van der Waals surface area contributed by atoms with Gasteiger partial charge >= 0.3 is 0 Å². The van der Waals surface area contributed by atoms with Gasteiger partial charge in [0.05, 0.1) is 12.2 Å². The van der Waals surface area contributed by atoms with Gasteiger partial charge in [-0.3, -0.25) is 9.59 Å². The van der Waals surface area contributed by atoms with Crippen LogP contribution in [0.15, 0.2) is 73.3 Å². The van der Waals surface area contributed by atoms with E-state index in [0.29, 0.717) is 24.5 Å². The Hall–Kier alpha value is -3.14. The van der Waals surface area contributed by atoms with Gasteiger partial charge in [0.15, 0.2) is 5.78 Å². The summed E-state index contributed by atoms with van der Waals surface area (Å²) in [5.74, 6) is 0.306. The number of carbonyl (C=O) groups is 2. The molecule has 0 bridgehead atoms. The van der Waals surface area contributed by atoms with Crippen LogP contribution in [0.25, 0.3) is 6.08 Å². The fourth-order valence-corrected chi connectivity index (χ4v) is 2.31. The average Bonchev–Trinajstić information content (AvgIpc) is 2.69. The summed E-state index contributed by atoms with van der Waals surface area (Å²) in [4.78, 5) is 23.5. The summed E-state index contributed by atoms with van der Waals surface area (Å²) < 4.78 is 5.76.